The molecule has 0 bridgehead atoms. The second-order valence-electron chi connectivity index (χ2n) is 2.26. The standard InChI is InChI=1S/C4H6O4.C3H6O3.2Na/c5-3(6)1-2-4(7)8;1-2(4)3(5)6;;/h1-2H2,(H,5,6)(H,7,8);2,4H,1H3,(H,5,6);;/q;;2*+1/p-2. The van der Waals surface area contributed by atoms with Crippen LogP contribution >= 0.6 is 0 Å². The van der Waals surface area contributed by atoms with Gasteiger partial charge >= 0.3 is 65.1 Å². The van der Waals surface area contributed by atoms with Crippen LogP contribution in [0, 0.1) is 0 Å². The molecule has 9 heteroatoms. The molecule has 0 saturated heterocycles. The fourth-order valence-corrected chi connectivity index (χ4v) is 0.204. The van der Waals surface area contributed by atoms with E-state index in [1.807, 2.05) is 0 Å². The second kappa shape index (κ2) is 15.4. The summed E-state index contributed by atoms with van der Waals surface area (Å²) in [6, 6.07) is 0. The van der Waals surface area contributed by atoms with Crippen molar-refractivity contribution >= 4 is 17.9 Å². The van der Waals surface area contributed by atoms with Gasteiger partial charge in [0.25, 0.3) is 0 Å². The average molecular weight is 252 g/mol. The summed E-state index contributed by atoms with van der Waals surface area (Å²) in [6.07, 6.45) is -2.17. The summed E-state index contributed by atoms with van der Waals surface area (Å²) in [6.45, 7) is 1.20. The molecule has 0 saturated carbocycles. The predicted molar refractivity (Wildman–Crippen MR) is 38.6 cm³/mol. The molecule has 0 heterocycles. The van der Waals surface area contributed by atoms with Crippen LogP contribution in [-0.4, -0.2) is 34.2 Å². The molecule has 0 aliphatic carbocycles. The van der Waals surface area contributed by atoms with Gasteiger partial charge in [0.1, 0.15) is 6.10 Å². The van der Waals surface area contributed by atoms with Crippen molar-refractivity contribution in [1.82, 2.24) is 0 Å². The summed E-state index contributed by atoms with van der Waals surface area (Å²) in [7, 11) is 0. The zero-order chi connectivity index (χ0) is 11.7. The largest absolute Gasteiger partial charge is 1.00 e. The van der Waals surface area contributed by atoms with Gasteiger partial charge in [-0.2, -0.15) is 0 Å². The minimum atomic E-state index is -1.37. The monoisotopic (exact) mass is 252 g/mol. The fourth-order valence-electron chi connectivity index (χ4n) is 0.204. The molecule has 1 atom stereocenters. The zero-order valence-corrected chi connectivity index (χ0v) is 13.4. The van der Waals surface area contributed by atoms with Crippen LogP contribution in [0.15, 0.2) is 0 Å². The van der Waals surface area contributed by atoms with Crippen LogP contribution in [0.5, 0.6) is 0 Å². The van der Waals surface area contributed by atoms with E-state index in [-0.39, 0.29) is 59.1 Å². The number of hydrogen-bond donors (Lipinski definition) is 2. The molecule has 0 rings (SSSR count). The molecule has 82 valence electrons. The maximum Gasteiger partial charge on any atom is 1.00 e. The molecule has 0 amide bonds. The average Bonchev–Trinajstić information content (AvgIpc) is 2.01. The normalized spacial score (nSPS) is 9.38. The van der Waals surface area contributed by atoms with E-state index in [2.05, 4.69) is 0 Å². The van der Waals surface area contributed by atoms with Crippen LogP contribution in [0.2, 0.25) is 0 Å². The Morgan fingerprint density at radius 3 is 1.31 bits per heavy atom. The Balaban J connectivity index is -0.0000000825. The van der Waals surface area contributed by atoms with Crippen LogP contribution in [0.3, 0.4) is 0 Å². The Morgan fingerprint density at radius 1 is 1.06 bits per heavy atom. The SMILES string of the molecule is CC(O)C(=O)O.O=C([O-])CCC(=O)[O-].[Na+].[Na+]. The Kier molecular flexibility index (Phi) is 24.3. The molecule has 0 spiro atoms. The molecule has 0 aliphatic heterocycles. The number of aliphatic carboxylic acids is 3. The van der Waals surface area contributed by atoms with E-state index >= 15 is 0 Å². The van der Waals surface area contributed by atoms with Gasteiger partial charge in [0, 0.05) is 11.9 Å². The molecule has 0 aromatic heterocycles. The number of carboxylic acids is 3. The minimum absolute atomic E-state index is 0. The Morgan fingerprint density at radius 2 is 1.25 bits per heavy atom. The van der Waals surface area contributed by atoms with Crippen molar-refractivity contribution in [3.05, 3.63) is 0 Å². The first-order valence-corrected chi connectivity index (χ1v) is 3.58. The van der Waals surface area contributed by atoms with E-state index in [9.17, 15) is 24.6 Å². The van der Waals surface area contributed by atoms with E-state index in [1.165, 1.54) is 6.92 Å². The summed E-state index contributed by atoms with van der Waals surface area (Å²) >= 11 is 0. The summed E-state index contributed by atoms with van der Waals surface area (Å²) in [4.78, 5) is 28.5. The first-order chi connectivity index (χ1) is 6.27. The first-order valence-electron chi connectivity index (χ1n) is 3.58. The zero-order valence-electron chi connectivity index (χ0n) is 9.43. The van der Waals surface area contributed by atoms with Crippen molar-refractivity contribution in [1.29, 1.82) is 0 Å². The van der Waals surface area contributed by atoms with Crippen molar-refractivity contribution < 1.29 is 93.9 Å². The Labute approximate surface area is 136 Å². The van der Waals surface area contributed by atoms with Crippen molar-refractivity contribution in [2.75, 3.05) is 0 Å². The molecule has 2 N–H and O–H groups in total. The van der Waals surface area contributed by atoms with Crippen LogP contribution in [0.4, 0.5) is 0 Å². The number of aliphatic hydroxyl groups excluding tert-OH is 1. The van der Waals surface area contributed by atoms with Gasteiger partial charge in [0.15, 0.2) is 0 Å². The predicted octanol–water partition coefficient (Wildman–Crippen LogP) is -9.27. The smallest absolute Gasteiger partial charge is 0.550 e. The van der Waals surface area contributed by atoms with Crippen LogP contribution in [0.25, 0.3) is 0 Å². The van der Waals surface area contributed by atoms with Gasteiger partial charge in [-0.05, 0) is 19.8 Å². The van der Waals surface area contributed by atoms with E-state index < -0.39 is 36.9 Å². The number of hydrogen-bond acceptors (Lipinski definition) is 6. The van der Waals surface area contributed by atoms with Crippen molar-refractivity contribution in [2.45, 2.75) is 25.9 Å². The molecule has 0 radical (unpaired) electrons. The van der Waals surface area contributed by atoms with Crippen molar-refractivity contribution in [3.8, 4) is 0 Å². The third kappa shape index (κ3) is 29.3. The summed E-state index contributed by atoms with van der Waals surface area (Å²) < 4.78 is 0. The maximum absolute atomic E-state index is 9.50. The second-order valence-corrected chi connectivity index (χ2v) is 2.26. The van der Waals surface area contributed by atoms with Crippen molar-refractivity contribution in [3.63, 3.8) is 0 Å². The van der Waals surface area contributed by atoms with E-state index in [0.717, 1.165) is 0 Å². The van der Waals surface area contributed by atoms with Gasteiger partial charge in [0.05, 0.1) is 0 Å². The molecule has 0 aliphatic rings. The van der Waals surface area contributed by atoms with Gasteiger partial charge in [0.2, 0.25) is 0 Å². The quantitative estimate of drug-likeness (QED) is 0.474. The topological polar surface area (TPSA) is 138 Å². The van der Waals surface area contributed by atoms with Gasteiger partial charge in [-0.15, -0.1) is 0 Å². The van der Waals surface area contributed by atoms with Gasteiger partial charge < -0.3 is 30.0 Å². The fraction of sp³-hybridized carbons (Fsp3) is 0.571. The summed E-state index contributed by atoms with van der Waals surface area (Å²) in [5.74, 6) is -3.92. The number of rotatable bonds is 4. The van der Waals surface area contributed by atoms with Gasteiger partial charge in [-0.25, -0.2) is 4.79 Å². The number of carbonyl (C=O) groups excluding carboxylic acids is 2. The molecular formula is C7H10Na2O7. The molecule has 0 fully saturated rings. The molecular weight excluding hydrogens is 242 g/mol. The molecule has 0 aromatic rings. The van der Waals surface area contributed by atoms with Gasteiger partial charge in [-0.3, -0.25) is 0 Å². The Hall–Kier alpha value is 0.370. The third-order valence-electron chi connectivity index (χ3n) is 0.891. The molecule has 7 nitrogen and oxygen atoms in total. The molecule has 0 aromatic carbocycles. The molecule has 16 heavy (non-hydrogen) atoms. The van der Waals surface area contributed by atoms with Crippen molar-refractivity contribution in [2.24, 2.45) is 0 Å². The number of carbonyl (C=O) groups is 3. The van der Waals surface area contributed by atoms with E-state index in [0.29, 0.717) is 0 Å². The number of aliphatic hydroxyl groups is 1. The van der Waals surface area contributed by atoms with Crippen LogP contribution in [-0.2, 0) is 14.4 Å². The summed E-state index contributed by atoms with van der Waals surface area (Å²) in [5.41, 5.74) is 0. The Bertz CT molecular complexity index is 203. The van der Waals surface area contributed by atoms with Gasteiger partial charge in [-0.1, -0.05) is 0 Å². The van der Waals surface area contributed by atoms with Crippen LogP contribution in [0.1, 0.15) is 19.8 Å². The number of carboxylic acid groups (broad SMARTS) is 3. The minimum Gasteiger partial charge on any atom is -0.550 e. The first kappa shape index (κ1) is 25.3. The third-order valence-corrected chi connectivity index (χ3v) is 0.891. The van der Waals surface area contributed by atoms with E-state index in [4.69, 9.17) is 10.2 Å². The van der Waals surface area contributed by atoms with E-state index in [1.54, 1.807) is 0 Å². The maximum atomic E-state index is 9.50. The van der Waals surface area contributed by atoms with Crippen LogP contribution < -0.4 is 69.3 Å². The molecule has 1 unspecified atom stereocenters. The summed E-state index contributed by atoms with van der Waals surface area (Å²) in [5, 5.41) is 34.8.